The standard InChI is InChI=1S/C14H20N4/c1-11-7-13(9-16)8-14(17-11)18-6-2-3-12(10-18)4-5-15/h7-8,12H,2-6,10,15H2,1H3. The molecule has 0 saturated carbocycles. The summed E-state index contributed by atoms with van der Waals surface area (Å²) in [5.41, 5.74) is 7.24. The molecule has 1 aromatic heterocycles. The highest BCUT2D eigenvalue weighted by atomic mass is 15.2. The van der Waals surface area contributed by atoms with Gasteiger partial charge >= 0.3 is 0 Å². The molecule has 0 radical (unpaired) electrons. The minimum atomic E-state index is 0.664. The van der Waals surface area contributed by atoms with E-state index in [9.17, 15) is 0 Å². The molecule has 0 bridgehead atoms. The van der Waals surface area contributed by atoms with Crippen molar-refractivity contribution in [3.05, 3.63) is 23.4 Å². The van der Waals surface area contributed by atoms with Crippen molar-refractivity contribution in [2.75, 3.05) is 24.5 Å². The molecule has 2 rings (SSSR count). The zero-order chi connectivity index (χ0) is 13.0. The molecule has 4 heteroatoms. The number of hydrogen-bond donors (Lipinski definition) is 1. The third-order valence-corrected chi connectivity index (χ3v) is 3.49. The summed E-state index contributed by atoms with van der Waals surface area (Å²) in [4.78, 5) is 6.83. The minimum absolute atomic E-state index is 0.664. The fraction of sp³-hybridized carbons (Fsp3) is 0.571. The van der Waals surface area contributed by atoms with Gasteiger partial charge in [0.25, 0.3) is 0 Å². The smallest absolute Gasteiger partial charge is 0.130 e. The van der Waals surface area contributed by atoms with Crippen molar-refractivity contribution >= 4 is 5.82 Å². The number of anilines is 1. The van der Waals surface area contributed by atoms with E-state index in [1.54, 1.807) is 0 Å². The lowest BCUT2D eigenvalue weighted by Gasteiger charge is -2.33. The van der Waals surface area contributed by atoms with E-state index < -0.39 is 0 Å². The SMILES string of the molecule is Cc1cc(C#N)cc(N2CCCC(CCN)C2)n1. The van der Waals surface area contributed by atoms with Crippen LogP contribution in [0.2, 0.25) is 0 Å². The number of piperidine rings is 1. The summed E-state index contributed by atoms with van der Waals surface area (Å²) in [6.45, 7) is 4.73. The molecule has 1 aromatic rings. The number of hydrogen-bond acceptors (Lipinski definition) is 4. The van der Waals surface area contributed by atoms with E-state index in [2.05, 4.69) is 16.0 Å². The molecule has 18 heavy (non-hydrogen) atoms. The average Bonchev–Trinajstić information content (AvgIpc) is 2.39. The van der Waals surface area contributed by atoms with Crippen LogP contribution in [0.25, 0.3) is 0 Å². The Morgan fingerprint density at radius 3 is 3.11 bits per heavy atom. The van der Waals surface area contributed by atoms with Gasteiger partial charge in [-0.2, -0.15) is 5.26 Å². The molecular weight excluding hydrogens is 224 g/mol. The fourth-order valence-corrected chi connectivity index (χ4v) is 2.62. The van der Waals surface area contributed by atoms with Crippen molar-refractivity contribution in [3.63, 3.8) is 0 Å². The predicted molar refractivity (Wildman–Crippen MR) is 72.3 cm³/mol. The lowest BCUT2D eigenvalue weighted by atomic mass is 9.95. The Morgan fingerprint density at radius 2 is 2.39 bits per heavy atom. The molecule has 1 saturated heterocycles. The molecule has 4 nitrogen and oxygen atoms in total. The van der Waals surface area contributed by atoms with Crippen LogP contribution < -0.4 is 10.6 Å². The Hall–Kier alpha value is -1.60. The first-order chi connectivity index (χ1) is 8.72. The van der Waals surface area contributed by atoms with Crippen LogP contribution in [0.1, 0.15) is 30.5 Å². The van der Waals surface area contributed by atoms with Crippen molar-refractivity contribution in [2.45, 2.75) is 26.2 Å². The van der Waals surface area contributed by atoms with E-state index in [4.69, 9.17) is 11.0 Å². The monoisotopic (exact) mass is 244 g/mol. The Morgan fingerprint density at radius 1 is 1.56 bits per heavy atom. The van der Waals surface area contributed by atoms with Gasteiger partial charge in [0.1, 0.15) is 5.82 Å². The highest BCUT2D eigenvalue weighted by molar-refractivity contribution is 5.46. The maximum atomic E-state index is 9.01. The van der Waals surface area contributed by atoms with Crippen molar-refractivity contribution in [2.24, 2.45) is 11.7 Å². The van der Waals surface area contributed by atoms with Gasteiger partial charge in [-0.1, -0.05) is 0 Å². The molecule has 1 fully saturated rings. The van der Waals surface area contributed by atoms with E-state index in [0.29, 0.717) is 11.5 Å². The van der Waals surface area contributed by atoms with E-state index in [1.807, 2.05) is 19.1 Å². The molecule has 96 valence electrons. The van der Waals surface area contributed by atoms with Gasteiger partial charge in [-0.25, -0.2) is 4.98 Å². The van der Waals surface area contributed by atoms with Crippen LogP contribution in [0, 0.1) is 24.2 Å². The summed E-state index contributed by atoms with van der Waals surface area (Å²) in [5.74, 6) is 1.60. The van der Waals surface area contributed by atoms with Crippen LogP contribution in [0.15, 0.2) is 12.1 Å². The maximum absolute atomic E-state index is 9.01. The van der Waals surface area contributed by atoms with Crippen LogP contribution in [-0.4, -0.2) is 24.6 Å². The number of aromatic nitrogens is 1. The lowest BCUT2D eigenvalue weighted by molar-refractivity contribution is 0.394. The van der Waals surface area contributed by atoms with Gasteiger partial charge in [0.2, 0.25) is 0 Å². The molecule has 2 N–H and O–H groups in total. The second kappa shape index (κ2) is 5.83. The van der Waals surface area contributed by atoms with E-state index in [0.717, 1.165) is 37.6 Å². The second-order valence-electron chi connectivity index (χ2n) is 5.00. The van der Waals surface area contributed by atoms with Crippen molar-refractivity contribution < 1.29 is 0 Å². The summed E-state index contributed by atoms with van der Waals surface area (Å²) in [5, 5.41) is 9.01. The summed E-state index contributed by atoms with van der Waals surface area (Å²) in [6, 6.07) is 5.91. The molecule has 2 heterocycles. The Kier molecular flexibility index (Phi) is 4.16. The van der Waals surface area contributed by atoms with Crippen molar-refractivity contribution in [3.8, 4) is 6.07 Å². The number of nitrogens with two attached hydrogens (primary N) is 1. The maximum Gasteiger partial charge on any atom is 0.130 e. The van der Waals surface area contributed by atoms with Crippen LogP contribution in [0.5, 0.6) is 0 Å². The normalized spacial score (nSPS) is 19.6. The van der Waals surface area contributed by atoms with Gasteiger partial charge in [-0.05, 0) is 50.8 Å². The topological polar surface area (TPSA) is 65.9 Å². The van der Waals surface area contributed by atoms with Gasteiger partial charge in [0, 0.05) is 18.8 Å². The number of nitriles is 1. The van der Waals surface area contributed by atoms with E-state index in [-0.39, 0.29) is 0 Å². The minimum Gasteiger partial charge on any atom is -0.356 e. The summed E-state index contributed by atoms with van der Waals surface area (Å²) in [7, 11) is 0. The fourth-order valence-electron chi connectivity index (χ4n) is 2.62. The summed E-state index contributed by atoms with van der Waals surface area (Å²) >= 11 is 0. The number of pyridine rings is 1. The van der Waals surface area contributed by atoms with Gasteiger partial charge in [0.05, 0.1) is 11.6 Å². The zero-order valence-corrected chi connectivity index (χ0v) is 10.9. The van der Waals surface area contributed by atoms with Crippen LogP contribution in [0.4, 0.5) is 5.82 Å². The highest BCUT2D eigenvalue weighted by Gasteiger charge is 2.20. The lowest BCUT2D eigenvalue weighted by Crippen LogP contribution is -2.36. The average molecular weight is 244 g/mol. The molecule has 0 amide bonds. The largest absolute Gasteiger partial charge is 0.356 e. The molecule has 0 spiro atoms. The molecule has 0 aromatic carbocycles. The van der Waals surface area contributed by atoms with Crippen molar-refractivity contribution in [1.82, 2.24) is 4.98 Å². The number of aryl methyl sites for hydroxylation is 1. The zero-order valence-electron chi connectivity index (χ0n) is 10.9. The predicted octanol–water partition coefficient (Wildman–Crippen LogP) is 1.83. The number of rotatable bonds is 3. The van der Waals surface area contributed by atoms with Crippen LogP contribution in [0.3, 0.4) is 0 Å². The van der Waals surface area contributed by atoms with Gasteiger partial charge in [-0.3, -0.25) is 0 Å². The summed E-state index contributed by atoms with van der Waals surface area (Å²) < 4.78 is 0. The molecule has 0 aliphatic carbocycles. The third-order valence-electron chi connectivity index (χ3n) is 3.49. The van der Waals surface area contributed by atoms with E-state index >= 15 is 0 Å². The molecule has 1 aliphatic rings. The second-order valence-corrected chi connectivity index (χ2v) is 5.00. The van der Waals surface area contributed by atoms with Crippen molar-refractivity contribution in [1.29, 1.82) is 5.26 Å². The highest BCUT2D eigenvalue weighted by Crippen LogP contribution is 2.24. The van der Waals surface area contributed by atoms with Crippen LogP contribution in [-0.2, 0) is 0 Å². The molecule has 1 unspecified atom stereocenters. The van der Waals surface area contributed by atoms with Gasteiger partial charge in [-0.15, -0.1) is 0 Å². The van der Waals surface area contributed by atoms with Gasteiger partial charge < -0.3 is 10.6 Å². The third kappa shape index (κ3) is 2.99. The van der Waals surface area contributed by atoms with E-state index in [1.165, 1.54) is 12.8 Å². The molecule has 1 aliphatic heterocycles. The molecule has 1 atom stereocenters. The molecular formula is C14H20N4. The first kappa shape index (κ1) is 12.8. The van der Waals surface area contributed by atoms with Gasteiger partial charge in [0.15, 0.2) is 0 Å². The first-order valence-electron chi connectivity index (χ1n) is 6.56. The summed E-state index contributed by atoms with van der Waals surface area (Å²) in [6.07, 6.45) is 3.51. The Labute approximate surface area is 108 Å². The number of nitrogens with zero attached hydrogens (tertiary/aromatic N) is 3. The quantitative estimate of drug-likeness (QED) is 0.881. The van der Waals surface area contributed by atoms with Crippen LogP contribution >= 0.6 is 0 Å². The Balaban J connectivity index is 2.15. The first-order valence-corrected chi connectivity index (χ1v) is 6.56. The Bertz CT molecular complexity index is 448.